The number of benzene rings is 1. The first-order chi connectivity index (χ1) is 11.1. The van der Waals surface area contributed by atoms with Crippen molar-refractivity contribution < 1.29 is 29.0 Å². The van der Waals surface area contributed by atoms with Gasteiger partial charge >= 0.3 is 11.9 Å². The van der Waals surface area contributed by atoms with Crippen molar-refractivity contribution in [2.24, 2.45) is 0 Å². The first-order valence-corrected chi connectivity index (χ1v) is 7.80. The van der Waals surface area contributed by atoms with Crippen molar-refractivity contribution >= 4 is 34.3 Å². The van der Waals surface area contributed by atoms with Crippen molar-refractivity contribution in [1.29, 1.82) is 0 Å². The van der Waals surface area contributed by atoms with Crippen molar-refractivity contribution in [3.8, 4) is 0 Å². The second-order valence-corrected chi connectivity index (χ2v) is 6.60. The molecule has 2 N–H and O–H groups in total. The van der Waals surface area contributed by atoms with Crippen LogP contribution in [0.15, 0.2) is 28.7 Å². The van der Waals surface area contributed by atoms with E-state index in [0.29, 0.717) is 5.56 Å². The van der Waals surface area contributed by atoms with E-state index in [1.165, 1.54) is 7.11 Å². The van der Waals surface area contributed by atoms with E-state index >= 15 is 0 Å². The third kappa shape index (κ3) is 9.26. The number of ether oxygens (including phenoxy) is 2. The Kier molecular flexibility index (Phi) is 9.91. The van der Waals surface area contributed by atoms with Crippen molar-refractivity contribution in [2.45, 2.75) is 32.4 Å². The van der Waals surface area contributed by atoms with Gasteiger partial charge in [0.05, 0.1) is 12.7 Å². The van der Waals surface area contributed by atoms with E-state index in [1.807, 2.05) is 20.8 Å². The van der Waals surface area contributed by atoms with Crippen LogP contribution < -0.4 is 5.32 Å². The Bertz CT molecular complexity index is 538. The molecule has 1 unspecified atom stereocenters. The Morgan fingerprint density at radius 3 is 2.21 bits per heavy atom. The topological polar surface area (TPSA) is 102 Å². The molecule has 0 aromatic heterocycles. The molecule has 7 nitrogen and oxygen atoms in total. The summed E-state index contributed by atoms with van der Waals surface area (Å²) in [5.74, 6) is -0.944. The molecule has 1 atom stereocenters. The van der Waals surface area contributed by atoms with Gasteiger partial charge in [-0.05, 0) is 45.0 Å². The Morgan fingerprint density at radius 1 is 1.29 bits per heavy atom. The summed E-state index contributed by atoms with van der Waals surface area (Å²) < 4.78 is 10.8. The molecule has 0 spiro atoms. The summed E-state index contributed by atoms with van der Waals surface area (Å²) in [6.45, 7) is 5.41. The molecule has 0 fully saturated rings. The minimum absolute atomic E-state index is 0.0845. The van der Waals surface area contributed by atoms with E-state index < -0.39 is 18.0 Å². The standard InChI is InChI=1S/C15H20BrNO4.CH2O2/c1-15(2,3)17-12(14(19)20-4)9-21-13(18)10-5-7-11(16)8-6-10;2-1-3/h5-8,12,17H,9H2,1-4H3;1H,(H,2,3). The fourth-order valence-corrected chi connectivity index (χ4v) is 1.93. The molecule has 1 rings (SSSR count). The quantitative estimate of drug-likeness (QED) is 0.573. The molecule has 8 heteroatoms. The molecule has 0 aliphatic carbocycles. The van der Waals surface area contributed by atoms with Crippen LogP contribution in [0.1, 0.15) is 31.1 Å². The van der Waals surface area contributed by atoms with Crippen molar-refractivity contribution in [1.82, 2.24) is 5.32 Å². The molecule has 0 saturated heterocycles. The predicted molar refractivity (Wildman–Crippen MR) is 91.8 cm³/mol. The number of carboxylic acid groups (broad SMARTS) is 1. The third-order valence-electron chi connectivity index (χ3n) is 2.55. The number of nitrogens with one attached hydrogen (secondary N) is 1. The lowest BCUT2D eigenvalue weighted by Crippen LogP contribution is -2.50. The van der Waals surface area contributed by atoms with Gasteiger partial charge in [-0.25, -0.2) is 4.79 Å². The second kappa shape index (κ2) is 10.8. The molecular formula is C16H22BrNO6. The van der Waals surface area contributed by atoms with Crippen molar-refractivity contribution in [3.63, 3.8) is 0 Å². The zero-order valence-corrected chi connectivity index (χ0v) is 15.6. The van der Waals surface area contributed by atoms with Gasteiger partial charge < -0.3 is 14.6 Å². The minimum atomic E-state index is -0.700. The summed E-state index contributed by atoms with van der Waals surface area (Å²) >= 11 is 3.29. The highest BCUT2D eigenvalue weighted by Gasteiger charge is 2.26. The predicted octanol–water partition coefficient (Wildman–Crippen LogP) is 2.24. The average molecular weight is 404 g/mol. The lowest BCUT2D eigenvalue weighted by atomic mass is 10.1. The molecule has 0 aliphatic rings. The van der Waals surface area contributed by atoms with Gasteiger partial charge in [0.2, 0.25) is 0 Å². The molecule has 1 aromatic rings. The smallest absolute Gasteiger partial charge is 0.338 e. The minimum Gasteiger partial charge on any atom is -0.483 e. The maximum atomic E-state index is 11.9. The van der Waals surface area contributed by atoms with Crippen LogP contribution in [0.3, 0.4) is 0 Å². The van der Waals surface area contributed by atoms with Crippen LogP contribution in [0.2, 0.25) is 0 Å². The number of hydrogen-bond acceptors (Lipinski definition) is 6. The van der Waals surface area contributed by atoms with Crippen LogP contribution in [-0.4, -0.2) is 48.8 Å². The monoisotopic (exact) mass is 403 g/mol. The third-order valence-corrected chi connectivity index (χ3v) is 3.08. The van der Waals surface area contributed by atoms with Crippen molar-refractivity contribution in [3.05, 3.63) is 34.3 Å². The van der Waals surface area contributed by atoms with Gasteiger partial charge in [-0.3, -0.25) is 14.9 Å². The van der Waals surface area contributed by atoms with Gasteiger partial charge in [0, 0.05) is 10.0 Å². The van der Waals surface area contributed by atoms with Crippen LogP contribution in [0.4, 0.5) is 0 Å². The molecule has 0 bridgehead atoms. The number of esters is 2. The summed E-state index contributed by atoms with van der Waals surface area (Å²) in [6.07, 6.45) is 0. The second-order valence-electron chi connectivity index (χ2n) is 5.68. The summed E-state index contributed by atoms with van der Waals surface area (Å²) in [7, 11) is 1.30. The van der Waals surface area contributed by atoms with Gasteiger partial charge in [-0.1, -0.05) is 15.9 Å². The molecule has 0 radical (unpaired) electrons. The van der Waals surface area contributed by atoms with Crippen LogP contribution in [0, 0.1) is 0 Å². The van der Waals surface area contributed by atoms with E-state index in [1.54, 1.807) is 24.3 Å². The highest BCUT2D eigenvalue weighted by Crippen LogP contribution is 2.12. The summed E-state index contributed by atoms with van der Waals surface area (Å²) in [4.78, 5) is 32.0. The van der Waals surface area contributed by atoms with Gasteiger partial charge in [0.25, 0.3) is 6.47 Å². The van der Waals surface area contributed by atoms with E-state index in [0.717, 1.165) is 4.47 Å². The number of methoxy groups -OCH3 is 1. The largest absolute Gasteiger partial charge is 0.483 e. The van der Waals surface area contributed by atoms with E-state index in [4.69, 9.17) is 19.4 Å². The first-order valence-electron chi connectivity index (χ1n) is 7.00. The molecule has 0 amide bonds. The molecule has 0 aliphatic heterocycles. The number of rotatable bonds is 5. The van der Waals surface area contributed by atoms with Gasteiger partial charge in [0.1, 0.15) is 12.6 Å². The van der Waals surface area contributed by atoms with E-state index in [2.05, 4.69) is 21.2 Å². The van der Waals surface area contributed by atoms with Gasteiger partial charge in [0.15, 0.2) is 0 Å². The van der Waals surface area contributed by atoms with Crippen LogP contribution in [0.25, 0.3) is 0 Å². The summed E-state index contributed by atoms with van der Waals surface area (Å²) in [5, 5.41) is 9.95. The number of carbonyl (C=O) groups excluding carboxylic acids is 2. The van der Waals surface area contributed by atoms with Crippen LogP contribution >= 0.6 is 15.9 Å². The van der Waals surface area contributed by atoms with E-state index in [-0.39, 0.29) is 18.6 Å². The summed E-state index contributed by atoms with van der Waals surface area (Å²) in [6, 6.07) is 6.10. The maximum Gasteiger partial charge on any atom is 0.338 e. The average Bonchev–Trinajstić information content (AvgIpc) is 2.50. The Hall–Kier alpha value is -1.93. The molecule has 0 heterocycles. The molecule has 134 valence electrons. The van der Waals surface area contributed by atoms with Crippen LogP contribution in [-0.2, 0) is 19.1 Å². The molecule has 1 aromatic carbocycles. The highest BCUT2D eigenvalue weighted by molar-refractivity contribution is 9.10. The van der Waals surface area contributed by atoms with Gasteiger partial charge in [-0.2, -0.15) is 0 Å². The van der Waals surface area contributed by atoms with E-state index in [9.17, 15) is 9.59 Å². The SMILES string of the molecule is COC(=O)C(COC(=O)c1ccc(Br)cc1)NC(C)(C)C.O=CO. The Balaban J connectivity index is 0.00000163. The van der Waals surface area contributed by atoms with Crippen LogP contribution in [0.5, 0.6) is 0 Å². The fourth-order valence-electron chi connectivity index (χ4n) is 1.66. The summed E-state index contributed by atoms with van der Waals surface area (Å²) in [5.41, 5.74) is 0.126. The zero-order valence-electron chi connectivity index (χ0n) is 14.0. The van der Waals surface area contributed by atoms with Gasteiger partial charge in [-0.15, -0.1) is 0 Å². The Labute approximate surface area is 149 Å². The highest BCUT2D eigenvalue weighted by atomic mass is 79.9. The Morgan fingerprint density at radius 2 is 1.79 bits per heavy atom. The molecule has 24 heavy (non-hydrogen) atoms. The maximum absolute atomic E-state index is 11.9. The number of hydrogen-bond donors (Lipinski definition) is 2. The number of carbonyl (C=O) groups is 3. The normalized spacial score (nSPS) is 11.5. The first kappa shape index (κ1) is 22.1. The van der Waals surface area contributed by atoms with Crippen molar-refractivity contribution in [2.75, 3.05) is 13.7 Å². The molecule has 0 saturated carbocycles. The lowest BCUT2D eigenvalue weighted by Gasteiger charge is -2.26. The molecular weight excluding hydrogens is 382 g/mol. The number of halogens is 1. The fraction of sp³-hybridized carbons (Fsp3) is 0.438. The zero-order chi connectivity index (χ0) is 18.8. The lowest BCUT2D eigenvalue weighted by molar-refractivity contribution is -0.144.